The van der Waals surface area contributed by atoms with E-state index in [4.69, 9.17) is 10.5 Å². The van der Waals surface area contributed by atoms with Crippen molar-refractivity contribution in [2.24, 2.45) is 5.73 Å². The van der Waals surface area contributed by atoms with Gasteiger partial charge in [0.1, 0.15) is 0 Å². The van der Waals surface area contributed by atoms with E-state index < -0.39 is 0 Å². The highest BCUT2D eigenvalue weighted by molar-refractivity contribution is 9.10. The summed E-state index contributed by atoms with van der Waals surface area (Å²) in [5.74, 6) is 0. The minimum Gasteiger partial charge on any atom is -0.383 e. The number of hydrogen-bond donors (Lipinski definition) is 1. The third-order valence-corrected chi connectivity index (χ3v) is 3.39. The van der Waals surface area contributed by atoms with Crippen molar-refractivity contribution >= 4 is 21.6 Å². The molecule has 0 radical (unpaired) electrons. The van der Waals surface area contributed by atoms with Crippen LogP contribution in [0.4, 0.5) is 5.69 Å². The van der Waals surface area contributed by atoms with Crippen molar-refractivity contribution in [2.45, 2.75) is 19.4 Å². The van der Waals surface area contributed by atoms with E-state index >= 15 is 0 Å². The van der Waals surface area contributed by atoms with Crippen LogP contribution >= 0.6 is 15.9 Å². The molecule has 1 rings (SSSR count). The molecule has 3 nitrogen and oxygen atoms in total. The van der Waals surface area contributed by atoms with Crippen molar-refractivity contribution in [2.75, 3.05) is 32.2 Å². The Morgan fingerprint density at radius 2 is 2.18 bits per heavy atom. The van der Waals surface area contributed by atoms with E-state index in [0.717, 1.165) is 24.0 Å². The summed E-state index contributed by atoms with van der Waals surface area (Å²) in [6, 6.07) is 6.57. The highest BCUT2D eigenvalue weighted by atomic mass is 79.9. The second-order valence-corrected chi connectivity index (χ2v) is 5.23. The van der Waals surface area contributed by atoms with Gasteiger partial charge in [0.25, 0.3) is 0 Å². The number of ether oxygens (including phenoxy) is 1. The van der Waals surface area contributed by atoms with Gasteiger partial charge in [-0.3, -0.25) is 0 Å². The summed E-state index contributed by atoms with van der Waals surface area (Å²) in [6.07, 6.45) is 0.892. The van der Waals surface area contributed by atoms with Gasteiger partial charge >= 0.3 is 0 Å². The monoisotopic (exact) mass is 300 g/mol. The fourth-order valence-electron chi connectivity index (χ4n) is 1.64. The lowest BCUT2D eigenvalue weighted by atomic mass is 10.1. The van der Waals surface area contributed by atoms with Crippen LogP contribution in [0, 0.1) is 0 Å². The number of anilines is 1. The lowest BCUT2D eigenvalue weighted by Crippen LogP contribution is -2.22. The third kappa shape index (κ3) is 4.66. The Kier molecular flexibility index (Phi) is 5.95. The highest BCUT2D eigenvalue weighted by Crippen LogP contribution is 2.24. The molecule has 4 heteroatoms. The van der Waals surface area contributed by atoms with Crippen LogP contribution in [-0.4, -0.2) is 33.4 Å². The molecular formula is C13H21BrN2O. The van der Waals surface area contributed by atoms with Gasteiger partial charge in [-0.15, -0.1) is 0 Å². The largest absolute Gasteiger partial charge is 0.383 e. The Morgan fingerprint density at radius 1 is 1.47 bits per heavy atom. The van der Waals surface area contributed by atoms with Crippen LogP contribution in [0.2, 0.25) is 0 Å². The molecule has 96 valence electrons. The Morgan fingerprint density at radius 3 is 2.71 bits per heavy atom. The first-order valence-corrected chi connectivity index (χ1v) is 6.58. The summed E-state index contributed by atoms with van der Waals surface area (Å²) in [5.41, 5.74) is 8.25. The normalized spacial score (nSPS) is 12.5. The number of benzene rings is 1. The minimum absolute atomic E-state index is 0.184. The number of likely N-dealkylation sites (N-methyl/N-ethyl adjacent to an activating group) is 1. The van der Waals surface area contributed by atoms with E-state index in [1.807, 2.05) is 6.92 Å². The van der Waals surface area contributed by atoms with Gasteiger partial charge in [0.05, 0.1) is 6.61 Å². The molecule has 0 aromatic heterocycles. The van der Waals surface area contributed by atoms with Crippen LogP contribution in [0.3, 0.4) is 0 Å². The van der Waals surface area contributed by atoms with E-state index in [-0.39, 0.29) is 6.04 Å². The Hall–Kier alpha value is -0.580. The van der Waals surface area contributed by atoms with Crippen LogP contribution in [0.25, 0.3) is 0 Å². The first-order valence-electron chi connectivity index (χ1n) is 5.78. The maximum Gasteiger partial charge on any atom is 0.0637 e. The number of rotatable bonds is 6. The zero-order valence-electron chi connectivity index (χ0n) is 10.7. The predicted molar refractivity (Wildman–Crippen MR) is 76.6 cm³/mol. The minimum atomic E-state index is 0.184. The second kappa shape index (κ2) is 6.99. The molecule has 1 atom stereocenters. The quantitative estimate of drug-likeness (QED) is 0.877. The summed E-state index contributed by atoms with van der Waals surface area (Å²) in [6.45, 7) is 3.64. The van der Waals surface area contributed by atoms with Gasteiger partial charge in [-0.2, -0.15) is 0 Å². The number of methoxy groups -OCH3 is 1. The first-order chi connectivity index (χ1) is 8.04. The average Bonchev–Trinajstić information content (AvgIpc) is 2.28. The molecule has 2 N–H and O–H groups in total. The van der Waals surface area contributed by atoms with E-state index in [2.05, 4.69) is 46.1 Å². The van der Waals surface area contributed by atoms with Crippen molar-refractivity contribution in [3.63, 3.8) is 0 Å². The molecule has 1 aromatic rings. The van der Waals surface area contributed by atoms with Gasteiger partial charge in [-0.25, -0.2) is 0 Å². The standard InChI is InChI=1S/C13H21BrN2O/c1-10(15)8-11-4-5-12(9-13(11)14)16(2)6-7-17-3/h4-5,9-10H,6-8,15H2,1-3H3. The van der Waals surface area contributed by atoms with Crippen molar-refractivity contribution in [3.8, 4) is 0 Å². The van der Waals surface area contributed by atoms with Crippen LogP contribution in [0.1, 0.15) is 12.5 Å². The molecule has 1 aromatic carbocycles. The molecule has 0 saturated heterocycles. The highest BCUT2D eigenvalue weighted by Gasteiger charge is 2.06. The number of halogens is 1. The Bertz CT molecular complexity index is 355. The van der Waals surface area contributed by atoms with E-state index in [1.54, 1.807) is 7.11 Å². The molecule has 0 aliphatic heterocycles. The summed E-state index contributed by atoms with van der Waals surface area (Å²) < 4.78 is 6.19. The van der Waals surface area contributed by atoms with Gasteiger partial charge in [-0.05, 0) is 31.0 Å². The van der Waals surface area contributed by atoms with Crippen LogP contribution in [0.15, 0.2) is 22.7 Å². The molecule has 0 saturated carbocycles. The van der Waals surface area contributed by atoms with Crippen LogP contribution in [-0.2, 0) is 11.2 Å². The molecule has 0 bridgehead atoms. The van der Waals surface area contributed by atoms with Crippen LogP contribution in [0.5, 0.6) is 0 Å². The van der Waals surface area contributed by atoms with Gasteiger partial charge < -0.3 is 15.4 Å². The molecule has 0 heterocycles. The van der Waals surface area contributed by atoms with Gasteiger partial charge in [0, 0.05) is 36.9 Å². The fourth-order valence-corrected chi connectivity index (χ4v) is 2.17. The molecule has 0 aliphatic carbocycles. The molecule has 0 fully saturated rings. The maximum absolute atomic E-state index is 5.81. The molecule has 1 unspecified atom stereocenters. The second-order valence-electron chi connectivity index (χ2n) is 4.37. The summed E-state index contributed by atoms with van der Waals surface area (Å²) in [4.78, 5) is 2.17. The Labute approximate surface area is 112 Å². The zero-order valence-corrected chi connectivity index (χ0v) is 12.3. The smallest absolute Gasteiger partial charge is 0.0637 e. The number of hydrogen-bond acceptors (Lipinski definition) is 3. The van der Waals surface area contributed by atoms with Gasteiger partial charge in [0.2, 0.25) is 0 Å². The Balaban J connectivity index is 2.73. The number of nitrogens with zero attached hydrogens (tertiary/aromatic N) is 1. The zero-order chi connectivity index (χ0) is 12.8. The third-order valence-electron chi connectivity index (χ3n) is 2.65. The number of nitrogens with two attached hydrogens (primary N) is 1. The van der Waals surface area contributed by atoms with E-state index in [1.165, 1.54) is 11.3 Å². The van der Waals surface area contributed by atoms with Crippen LogP contribution < -0.4 is 10.6 Å². The van der Waals surface area contributed by atoms with E-state index in [0.29, 0.717) is 0 Å². The van der Waals surface area contributed by atoms with E-state index in [9.17, 15) is 0 Å². The summed E-state index contributed by atoms with van der Waals surface area (Å²) in [5, 5.41) is 0. The SMILES string of the molecule is COCCN(C)c1ccc(CC(C)N)c(Br)c1. The molecule has 0 aliphatic rings. The predicted octanol–water partition coefficient (Wildman–Crippen LogP) is 2.42. The first kappa shape index (κ1) is 14.5. The molecule has 0 spiro atoms. The van der Waals surface area contributed by atoms with Crippen molar-refractivity contribution in [3.05, 3.63) is 28.2 Å². The molecular weight excluding hydrogens is 280 g/mol. The summed E-state index contributed by atoms with van der Waals surface area (Å²) in [7, 11) is 3.78. The maximum atomic E-state index is 5.81. The molecule has 17 heavy (non-hydrogen) atoms. The lowest BCUT2D eigenvalue weighted by Gasteiger charge is -2.20. The van der Waals surface area contributed by atoms with Crippen molar-refractivity contribution in [1.29, 1.82) is 0 Å². The average molecular weight is 301 g/mol. The van der Waals surface area contributed by atoms with Crippen molar-refractivity contribution < 1.29 is 4.74 Å². The topological polar surface area (TPSA) is 38.5 Å². The van der Waals surface area contributed by atoms with Gasteiger partial charge in [-0.1, -0.05) is 22.0 Å². The molecule has 0 amide bonds. The fraction of sp³-hybridized carbons (Fsp3) is 0.538. The van der Waals surface area contributed by atoms with Crippen molar-refractivity contribution in [1.82, 2.24) is 0 Å². The summed E-state index contributed by atoms with van der Waals surface area (Å²) >= 11 is 3.60. The van der Waals surface area contributed by atoms with Gasteiger partial charge in [0.15, 0.2) is 0 Å². The lowest BCUT2D eigenvalue weighted by molar-refractivity contribution is 0.206.